The summed E-state index contributed by atoms with van der Waals surface area (Å²) in [5, 5.41) is 6.26. The van der Waals surface area contributed by atoms with Crippen molar-refractivity contribution >= 4 is 22.6 Å². The number of anilines is 1. The molecule has 1 aromatic carbocycles. The number of halogens is 1. The molecule has 4 rings (SSSR count). The minimum Gasteiger partial charge on any atom is -0.467 e. The normalized spacial score (nSPS) is 11.8. The van der Waals surface area contributed by atoms with Crippen molar-refractivity contribution in [3.05, 3.63) is 66.1 Å². The van der Waals surface area contributed by atoms with Crippen molar-refractivity contribution in [3.8, 4) is 17.3 Å². The van der Waals surface area contributed by atoms with Gasteiger partial charge in [-0.15, -0.1) is 0 Å². The number of amides is 1. The third-order valence-corrected chi connectivity index (χ3v) is 5.23. The smallest absolute Gasteiger partial charge is 0.316 e. The number of hydrogen-bond donors (Lipinski definition) is 2. The minimum atomic E-state index is -0.652. The van der Waals surface area contributed by atoms with Crippen LogP contribution in [0.1, 0.15) is 28.8 Å². The van der Waals surface area contributed by atoms with Crippen molar-refractivity contribution in [3.63, 3.8) is 0 Å². The van der Waals surface area contributed by atoms with E-state index in [1.807, 2.05) is 13.0 Å². The summed E-state index contributed by atoms with van der Waals surface area (Å²) in [6.45, 7) is 2.55. The Morgan fingerprint density at radius 2 is 1.91 bits per heavy atom. The van der Waals surface area contributed by atoms with Gasteiger partial charge < -0.3 is 15.4 Å². The van der Waals surface area contributed by atoms with Crippen LogP contribution < -0.4 is 15.4 Å². The molecule has 10 heteroatoms. The molecule has 1 atom stereocenters. The second-order valence-corrected chi connectivity index (χ2v) is 7.33. The van der Waals surface area contributed by atoms with Crippen LogP contribution >= 0.6 is 0 Å². The molecule has 0 saturated heterocycles. The number of carbonyl (C=O) groups is 1. The zero-order valence-corrected chi connectivity index (χ0v) is 18.3. The monoisotopic (exact) mass is 447 g/mol. The number of methoxy groups -OCH3 is 1. The van der Waals surface area contributed by atoms with E-state index in [-0.39, 0.29) is 17.5 Å². The van der Waals surface area contributed by atoms with Gasteiger partial charge in [-0.25, -0.2) is 24.3 Å². The largest absolute Gasteiger partial charge is 0.467 e. The van der Waals surface area contributed by atoms with Crippen LogP contribution in [0.2, 0.25) is 0 Å². The van der Waals surface area contributed by atoms with Gasteiger partial charge in [0.05, 0.1) is 30.1 Å². The molecule has 0 unspecified atom stereocenters. The number of nitrogens with one attached hydrogen (secondary N) is 2. The standard InChI is InChI=1S/C23H22FN7O2/c1-13(15-5-4-6-16-20(22(32)25-2)17(24)11-27-21(15)16)8-26-19-7-18(30-12-31-19)14-9-28-23(33-3)29-10-14/h4-7,9-13H,8H2,1-3H3,(H,25,32)(H,26,30,31)/t13-/m1/s1. The summed E-state index contributed by atoms with van der Waals surface area (Å²) in [6, 6.07) is 7.51. The summed E-state index contributed by atoms with van der Waals surface area (Å²) >= 11 is 0. The number of pyridine rings is 1. The van der Waals surface area contributed by atoms with E-state index in [9.17, 15) is 9.18 Å². The van der Waals surface area contributed by atoms with E-state index in [0.29, 0.717) is 29.0 Å². The number of fused-ring (bicyclic) bond motifs is 1. The van der Waals surface area contributed by atoms with E-state index in [4.69, 9.17) is 4.74 Å². The number of para-hydroxylation sites is 1. The van der Waals surface area contributed by atoms with Crippen molar-refractivity contribution < 1.29 is 13.9 Å². The number of ether oxygens (including phenoxy) is 1. The fraction of sp³-hybridized carbons (Fsp3) is 0.217. The van der Waals surface area contributed by atoms with Crippen molar-refractivity contribution in [2.75, 3.05) is 26.0 Å². The zero-order valence-electron chi connectivity index (χ0n) is 18.3. The van der Waals surface area contributed by atoms with E-state index < -0.39 is 11.7 Å². The molecule has 0 aliphatic carbocycles. The first-order valence-corrected chi connectivity index (χ1v) is 10.2. The summed E-state index contributed by atoms with van der Waals surface area (Å²) in [5.41, 5.74) is 2.87. The highest BCUT2D eigenvalue weighted by molar-refractivity contribution is 6.06. The van der Waals surface area contributed by atoms with Gasteiger partial charge in [0.1, 0.15) is 12.1 Å². The predicted molar refractivity (Wildman–Crippen MR) is 122 cm³/mol. The van der Waals surface area contributed by atoms with Crippen molar-refractivity contribution in [1.29, 1.82) is 0 Å². The van der Waals surface area contributed by atoms with Gasteiger partial charge in [-0.3, -0.25) is 9.78 Å². The summed E-state index contributed by atoms with van der Waals surface area (Å²) < 4.78 is 19.3. The molecule has 3 aromatic heterocycles. The first-order chi connectivity index (χ1) is 16.0. The van der Waals surface area contributed by atoms with Gasteiger partial charge in [0.25, 0.3) is 5.91 Å². The Kier molecular flexibility index (Phi) is 6.34. The first-order valence-electron chi connectivity index (χ1n) is 10.2. The summed E-state index contributed by atoms with van der Waals surface area (Å²) in [7, 11) is 2.97. The highest BCUT2D eigenvalue weighted by Crippen LogP contribution is 2.28. The van der Waals surface area contributed by atoms with Crippen molar-refractivity contribution in [2.24, 2.45) is 0 Å². The van der Waals surface area contributed by atoms with Crippen molar-refractivity contribution in [1.82, 2.24) is 30.2 Å². The Morgan fingerprint density at radius 3 is 2.64 bits per heavy atom. The van der Waals surface area contributed by atoms with Gasteiger partial charge in [0, 0.05) is 48.9 Å². The van der Waals surface area contributed by atoms with Crippen LogP contribution in [0.4, 0.5) is 10.2 Å². The number of carbonyl (C=O) groups excluding carboxylic acids is 1. The molecule has 1 amide bonds. The average Bonchev–Trinajstić information content (AvgIpc) is 2.86. The topological polar surface area (TPSA) is 115 Å². The molecule has 0 fully saturated rings. The van der Waals surface area contributed by atoms with E-state index in [0.717, 1.165) is 17.3 Å². The van der Waals surface area contributed by atoms with Gasteiger partial charge in [0.2, 0.25) is 0 Å². The van der Waals surface area contributed by atoms with E-state index in [2.05, 4.69) is 35.6 Å². The second kappa shape index (κ2) is 9.51. The van der Waals surface area contributed by atoms with Crippen LogP contribution in [0.15, 0.2) is 49.2 Å². The number of hydrogen-bond acceptors (Lipinski definition) is 8. The van der Waals surface area contributed by atoms with Gasteiger partial charge in [-0.1, -0.05) is 25.1 Å². The first kappa shape index (κ1) is 22.0. The third kappa shape index (κ3) is 4.54. The summed E-state index contributed by atoms with van der Waals surface area (Å²) in [6.07, 6.45) is 5.81. The Morgan fingerprint density at radius 1 is 1.12 bits per heavy atom. The molecule has 0 bridgehead atoms. The molecular weight excluding hydrogens is 425 g/mol. The Labute approximate surface area is 189 Å². The van der Waals surface area contributed by atoms with Gasteiger partial charge >= 0.3 is 6.01 Å². The lowest BCUT2D eigenvalue weighted by Crippen LogP contribution is -2.20. The highest BCUT2D eigenvalue weighted by Gasteiger charge is 2.19. The van der Waals surface area contributed by atoms with Gasteiger partial charge in [-0.05, 0) is 5.56 Å². The number of rotatable bonds is 7. The maximum absolute atomic E-state index is 14.3. The van der Waals surface area contributed by atoms with Crippen LogP contribution in [-0.2, 0) is 0 Å². The molecule has 2 N–H and O–H groups in total. The molecule has 0 saturated carbocycles. The van der Waals surface area contributed by atoms with Crippen LogP contribution in [0.3, 0.4) is 0 Å². The zero-order chi connectivity index (χ0) is 23.4. The lowest BCUT2D eigenvalue weighted by Gasteiger charge is -2.16. The minimum absolute atomic E-state index is 0.00747. The SMILES string of the molecule is CNC(=O)c1c(F)cnc2c([C@H](C)CNc3cc(-c4cnc(OC)nc4)ncn3)cccc12. The summed E-state index contributed by atoms with van der Waals surface area (Å²) in [4.78, 5) is 33.2. The number of nitrogens with zero attached hydrogens (tertiary/aromatic N) is 5. The molecule has 33 heavy (non-hydrogen) atoms. The molecule has 0 aliphatic rings. The molecule has 0 spiro atoms. The Bertz CT molecular complexity index is 1300. The maximum atomic E-state index is 14.3. The Balaban J connectivity index is 1.56. The second-order valence-electron chi connectivity index (χ2n) is 7.33. The van der Waals surface area contributed by atoms with Gasteiger partial charge in [-0.2, -0.15) is 0 Å². The van der Waals surface area contributed by atoms with E-state index in [1.54, 1.807) is 30.6 Å². The van der Waals surface area contributed by atoms with Crippen molar-refractivity contribution in [2.45, 2.75) is 12.8 Å². The molecule has 9 nitrogen and oxygen atoms in total. The highest BCUT2D eigenvalue weighted by atomic mass is 19.1. The van der Waals surface area contributed by atoms with Crippen LogP contribution in [-0.4, -0.2) is 51.5 Å². The van der Waals surface area contributed by atoms with E-state index >= 15 is 0 Å². The average molecular weight is 447 g/mol. The fourth-order valence-electron chi connectivity index (χ4n) is 3.51. The summed E-state index contributed by atoms with van der Waals surface area (Å²) in [5.74, 6) is -0.514. The van der Waals surface area contributed by atoms with Crippen LogP contribution in [0, 0.1) is 5.82 Å². The lowest BCUT2D eigenvalue weighted by atomic mass is 9.96. The van der Waals surface area contributed by atoms with Crippen LogP contribution in [0.5, 0.6) is 6.01 Å². The van der Waals surface area contributed by atoms with Gasteiger partial charge in [0.15, 0.2) is 5.82 Å². The molecule has 3 heterocycles. The lowest BCUT2D eigenvalue weighted by molar-refractivity contribution is 0.0960. The quantitative estimate of drug-likeness (QED) is 0.444. The number of aromatic nitrogens is 5. The Hall–Kier alpha value is -4.21. The predicted octanol–water partition coefficient (Wildman–Crippen LogP) is 3.20. The third-order valence-electron chi connectivity index (χ3n) is 5.23. The molecule has 4 aromatic rings. The molecule has 0 radical (unpaired) electrons. The number of benzene rings is 1. The molecule has 0 aliphatic heterocycles. The van der Waals surface area contributed by atoms with E-state index in [1.165, 1.54) is 20.5 Å². The fourth-order valence-corrected chi connectivity index (χ4v) is 3.51. The molecular formula is C23H22FN7O2. The molecule has 168 valence electrons. The maximum Gasteiger partial charge on any atom is 0.316 e. The van der Waals surface area contributed by atoms with Crippen LogP contribution in [0.25, 0.3) is 22.2 Å².